The van der Waals surface area contributed by atoms with E-state index in [-0.39, 0.29) is 6.04 Å². The van der Waals surface area contributed by atoms with Crippen LogP contribution in [0, 0.1) is 0 Å². The molecule has 3 nitrogen and oxygen atoms in total. The molecule has 20 heavy (non-hydrogen) atoms. The van der Waals surface area contributed by atoms with E-state index < -0.39 is 0 Å². The van der Waals surface area contributed by atoms with Crippen LogP contribution in [-0.2, 0) is 6.42 Å². The maximum atomic E-state index is 5.35. The van der Waals surface area contributed by atoms with Crippen molar-refractivity contribution in [1.82, 2.24) is 10.3 Å². The molecule has 0 saturated heterocycles. The van der Waals surface area contributed by atoms with Gasteiger partial charge < -0.3 is 10.6 Å². The standard InChI is InChI=1S/C16H19N3S/c1-3-13-6-4-8-15(10-13)19-16(20)18-12(2)14-7-5-9-17-11-14/h4-12H,3H2,1-2H3,(H2,18,19,20)/t12-/m0/s1. The Morgan fingerprint density at radius 3 is 2.85 bits per heavy atom. The zero-order chi connectivity index (χ0) is 14.4. The number of hydrogen-bond acceptors (Lipinski definition) is 2. The summed E-state index contributed by atoms with van der Waals surface area (Å²) in [4.78, 5) is 4.12. The number of pyridine rings is 1. The van der Waals surface area contributed by atoms with E-state index in [0.717, 1.165) is 17.7 Å². The van der Waals surface area contributed by atoms with Gasteiger partial charge in [-0.25, -0.2) is 0 Å². The first-order valence-electron chi connectivity index (χ1n) is 6.75. The topological polar surface area (TPSA) is 37.0 Å². The number of benzene rings is 1. The van der Waals surface area contributed by atoms with Crippen molar-refractivity contribution >= 4 is 23.0 Å². The van der Waals surface area contributed by atoms with Crippen LogP contribution in [-0.4, -0.2) is 10.1 Å². The van der Waals surface area contributed by atoms with E-state index in [1.807, 2.05) is 30.5 Å². The van der Waals surface area contributed by atoms with E-state index in [9.17, 15) is 0 Å². The lowest BCUT2D eigenvalue weighted by molar-refractivity contribution is 0.718. The van der Waals surface area contributed by atoms with Crippen molar-refractivity contribution in [3.8, 4) is 0 Å². The molecule has 0 saturated carbocycles. The van der Waals surface area contributed by atoms with Crippen molar-refractivity contribution in [3.63, 3.8) is 0 Å². The monoisotopic (exact) mass is 285 g/mol. The average Bonchev–Trinajstić information content (AvgIpc) is 2.48. The lowest BCUT2D eigenvalue weighted by Gasteiger charge is -2.17. The Balaban J connectivity index is 1.95. The molecule has 0 radical (unpaired) electrons. The summed E-state index contributed by atoms with van der Waals surface area (Å²) in [5, 5.41) is 7.10. The lowest BCUT2D eigenvalue weighted by Crippen LogP contribution is -2.30. The van der Waals surface area contributed by atoms with Gasteiger partial charge in [-0.2, -0.15) is 0 Å². The summed E-state index contributed by atoms with van der Waals surface area (Å²) in [5.41, 5.74) is 3.41. The minimum atomic E-state index is 0.123. The summed E-state index contributed by atoms with van der Waals surface area (Å²) in [7, 11) is 0. The van der Waals surface area contributed by atoms with Gasteiger partial charge in [0.15, 0.2) is 5.11 Å². The molecule has 1 aromatic heterocycles. The molecule has 4 heteroatoms. The molecule has 2 aromatic rings. The van der Waals surface area contributed by atoms with Crippen LogP contribution in [0.4, 0.5) is 5.69 Å². The number of hydrogen-bond donors (Lipinski definition) is 2. The second-order valence-electron chi connectivity index (χ2n) is 4.66. The average molecular weight is 285 g/mol. The zero-order valence-corrected chi connectivity index (χ0v) is 12.6. The minimum Gasteiger partial charge on any atom is -0.356 e. The van der Waals surface area contributed by atoms with E-state index in [1.54, 1.807) is 6.20 Å². The van der Waals surface area contributed by atoms with Crippen molar-refractivity contribution in [2.75, 3.05) is 5.32 Å². The fourth-order valence-corrected chi connectivity index (χ4v) is 2.24. The third-order valence-electron chi connectivity index (χ3n) is 3.13. The van der Waals surface area contributed by atoms with Gasteiger partial charge in [-0.15, -0.1) is 0 Å². The molecule has 0 amide bonds. The van der Waals surface area contributed by atoms with Gasteiger partial charge in [-0.1, -0.05) is 25.1 Å². The predicted molar refractivity (Wildman–Crippen MR) is 87.8 cm³/mol. The molecular formula is C16H19N3S. The van der Waals surface area contributed by atoms with Crippen LogP contribution < -0.4 is 10.6 Å². The third-order valence-corrected chi connectivity index (χ3v) is 3.35. The Bertz CT molecular complexity index is 569. The number of nitrogens with one attached hydrogen (secondary N) is 2. The van der Waals surface area contributed by atoms with Gasteiger partial charge in [-0.3, -0.25) is 4.98 Å². The van der Waals surface area contributed by atoms with Crippen LogP contribution in [0.15, 0.2) is 48.8 Å². The molecule has 1 aromatic carbocycles. The Hall–Kier alpha value is -1.94. The highest BCUT2D eigenvalue weighted by atomic mass is 32.1. The molecule has 104 valence electrons. The number of aromatic nitrogens is 1. The summed E-state index contributed by atoms with van der Waals surface area (Å²) in [6.45, 7) is 4.20. The van der Waals surface area contributed by atoms with Gasteiger partial charge in [0.05, 0.1) is 6.04 Å². The van der Waals surface area contributed by atoms with Gasteiger partial charge in [0.2, 0.25) is 0 Å². The normalized spacial score (nSPS) is 11.7. The molecule has 1 heterocycles. The van der Waals surface area contributed by atoms with Crippen molar-refractivity contribution in [3.05, 3.63) is 59.9 Å². The van der Waals surface area contributed by atoms with Crippen LogP contribution in [0.5, 0.6) is 0 Å². The van der Waals surface area contributed by atoms with Gasteiger partial charge in [-0.05, 0) is 54.9 Å². The van der Waals surface area contributed by atoms with Crippen molar-refractivity contribution < 1.29 is 0 Å². The number of aryl methyl sites for hydroxylation is 1. The molecular weight excluding hydrogens is 266 g/mol. The molecule has 1 atom stereocenters. The Morgan fingerprint density at radius 1 is 1.30 bits per heavy atom. The molecule has 0 bridgehead atoms. The Kier molecular flexibility index (Phi) is 5.07. The highest BCUT2D eigenvalue weighted by molar-refractivity contribution is 7.80. The third kappa shape index (κ3) is 4.03. The summed E-state index contributed by atoms with van der Waals surface area (Å²) < 4.78 is 0. The van der Waals surface area contributed by atoms with E-state index >= 15 is 0 Å². The highest BCUT2D eigenvalue weighted by Gasteiger charge is 2.07. The van der Waals surface area contributed by atoms with Crippen LogP contribution in [0.25, 0.3) is 0 Å². The molecule has 2 rings (SSSR count). The molecule has 2 N–H and O–H groups in total. The fraction of sp³-hybridized carbons (Fsp3) is 0.250. The first-order valence-corrected chi connectivity index (χ1v) is 7.16. The molecule has 0 spiro atoms. The number of nitrogens with zero attached hydrogens (tertiary/aromatic N) is 1. The summed E-state index contributed by atoms with van der Waals surface area (Å²) in [5.74, 6) is 0. The van der Waals surface area contributed by atoms with Gasteiger partial charge in [0.1, 0.15) is 0 Å². The van der Waals surface area contributed by atoms with Gasteiger partial charge >= 0.3 is 0 Å². The Labute approximate surface area is 125 Å². The molecule has 0 fully saturated rings. The molecule has 0 aliphatic rings. The van der Waals surface area contributed by atoms with E-state index in [1.165, 1.54) is 5.56 Å². The molecule has 0 unspecified atom stereocenters. The molecule has 0 aliphatic carbocycles. The largest absolute Gasteiger partial charge is 0.356 e. The van der Waals surface area contributed by atoms with Crippen LogP contribution in [0.3, 0.4) is 0 Å². The zero-order valence-electron chi connectivity index (χ0n) is 11.8. The maximum Gasteiger partial charge on any atom is 0.171 e. The van der Waals surface area contributed by atoms with Crippen molar-refractivity contribution in [1.29, 1.82) is 0 Å². The Morgan fingerprint density at radius 2 is 2.15 bits per heavy atom. The van der Waals surface area contributed by atoms with Crippen molar-refractivity contribution in [2.45, 2.75) is 26.3 Å². The van der Waals surface area contributed by atoms with Crippen molar-refractivity contribution in [2.24, 2.45) is 0 Å². The second-order valence-corrected chi connectivity index (χ2v) is 5.07. The summed E-state index contributed by atoms with van der Waals surface area (Å²) >= 11 is 5.35. The SMILES string of the molecule is CCc1cccc(NC(=S)N[C@@H](C)c2cccnc2)c1. The maximum absolute atomic E-state index is 5.35. The van der Waals surface area contributed by atoms with Crippen LogP contribution in [0.1, 0.15) is 31.0 Å². The number of rotatable bonds is 4. The van der Waals surface area contributed by atoms with Crippen LogP contribution >= 0.6 is 12.2 Å². The van der Waals surface area contributed by atoms with E-state index in [0.29, 0.717) is 5.11 Å². The highest BCUT2D eigenvalue weighted by Crippen LogP contribution is 2.13. The lowest BCUT2D eigenvalue weighted by atomic mass is 10.1. The predicted octanol–water partition coefficient (Wildman–Crippen LogP) is 3.69. The van der Waals surface area contributed by atoms with Gasteiger partial charge in [0, 0.05) is 18.1 Å². The van der Waals surface area contributed by atoms with E-state index in [4.69, 9.17) is 12.2 Å². The minimum absolute atomic E-state index is 0.123. The number of anilines is 1. The van der Waals surface area contributed by atoms with Gasteiger partial charge in [0.25, 0.3) is 0 Å². The smallest absolute Gasteiger partial charge is 0.171 e. The second kappa shape index (κ2) is 7.01. The summed E-state index contributed by atoms with van der Waals surface area (Å²) in [6.07, 6.45) is 4.63. The summed E-state index contributed by atoms with van der Waals surface area (Å²) in [6, 6.07) is 12.4. The first kappa shape index (κ1) is 14.5. The van der Waals surface area contributed by atoms with E-state index in [2.05, 4.69) is 41.6 Å². The molecule has 0 aliphatic heterocycles. The number of thiocarbonyl (C=S) groups is 1. The quantitative estimate of drug-likeness (QED) is 0.840. The van der Waals surface area contributed by atoms with Crippen LogP contribution in [0.2, 0.25) is 0 Å². The fourth-order valence-electron chi connectivity index (χ4n) is 1.95. The first-order chi connectivity index (χ1) is 9.69.